The molecular weight excluding hydrogens is 478 g/mol. The Morgan fingerprint density at radius 2 is 1.81 bits per heavy atom. The Labute approximate surface area is 193 Å². The van der Waals surface area contributed by atoms with Crippen molar-refractivity contribution in [1.82, 2.24) is 9.78 Å². The molecule has 0 saturated carbocycles. The molecule has 164 valence electrons. The lowest BCUT2D eigenvalue weighted by Gasteiger charge is -2.11. The number of rotatable bonds is 8. The molecule has 0 aliphatic carbocycles. The van der Waals surface area contributed by atoms with E-state index in [2.05, 4.69) is 27.1 Å². The molecule has 0 spiro atoms. The number of esters is 2. The number of nitrogens with zero attached hydrogens (tertiary/aromatic N) is 3. The summed E-state index contributed by atoms with van der Waals surface area (Å²) in [4.78, 5) is 25.5. The highest BCUT2D eigenvalue weighted by atomic mass is 79.9. The van der Waals surface area contributed by atoms with E-state index in [9.17, 15) is 9.59 Å². The standard InChI is InChI=1S/C23H20BrN3O5/c1-30-22(28)19-20(17-14-15(24)10-11-18(17)32-13-7-6-12-25)26-27(21(19)23(29)31-2)16-8-4-3-5-9-16/h3-5,8-11,14H,6-7,13H2,1-2H3. The summed E-state index contributed by atoms with van der Waals surface area (Å²) < 4.78 is 17.9. The van der Waals surface area contributed by atoms with Crippen molar-refractivity contribution in [2.24, 2.45) is 0 Å². The largest absolute Gasteiger partial charge is 0.493 e. The SMILES string of the molecule is COC(=O)c1c(-c2cc(Br)ccc2OCCCC#N)nn(-c2ccccc2)c1C(=O)OC. The van der Waals surface area contributed by atoms with E-state index in [1.807, 2.05) is 6.07 Å². The minimum atomic E-state index is -0.738. The van der Waals surface area contributed by atoms with Gasteiger partial charge in [0.25, 0.3) is 0 Å². The fourth-order valence-corrected chi connectivity index (χ4v) is 3.45. The zero-order valence-corrected chi connectivity index (χ0v) is 19.1. The van der Waals surface area contributed by atoms with Gasteiger partial charge in [-0.2, -0.15) is 10.4 Å². The highest BCUT2D eigenvalue weighted by Gasteiger charge is 2.32. The second kappa shape index (κ2) is 10.6. The molecule has 0 amide bonds. The Kier molecular flexibility index (Phi) is 7.63. The Morgan fingerprint density at radius 1 is 1.09 bits per heavy atom. The molecule has 0 radical (unpaired) electrons. The number of halogens is 1. The minimum absolute atomic E-state index is 0.0387. The number of para-hydroxylation sites is 1. The number of aromatic nitrogens is 2. The monoisotopic (exact) mass is 497 g/mol. The average Bonchev–Trinajstić information content (AvgIpc) is 3.22. The van der Waals surface area contributed by atoms with Gasteiger partial charge in [-0.1, -0.05) is 34.1 Å². The van der Waals surface area contributed by atoms with E-state index in [1.165, 1.54) is 18.9 Å². The maximum atomic E-state index is 12.8. The van der Waals surface area contributed by atoms with Gasteiger partial charge in [0.15, 0.2) is 5.69 Å². The molecular formula is C23H20BrN3O5. The smallest absolute Gasteiger partial charge is 0.357 e. The summed E-state index contributed by atoms with van der Waals surface area (Å²) in [6.45, 7) is 0.305. The van der Waals surface area contributed by atoms with Gasteiger partial charge in [0.05, 0.1) is 32.6 Å². The molecule has 1 heterocycles. The van der Waals surface area contributed by atoms with Crippen LogP contribution in [0.5, 0.6) is 5.75 Å². The number of nitriles is 1. The lowest BCUT2D eigenvalue weighted by molar-refractivity contribution is 0.0549. The number of benzene rings is 2. The first kappa shape index (κ1) is 23.0. The van der Waals surface area contributed by atoms with Crippen molar-refractivity contribution in [2.75, 3.05) is 20.8 Å². The first-order chi connectivity index (χ1) is 15.5. The number of ether oxygens (including phenoxy) is 3. The normalized spacial score (nSPS) is 10.3. The Morgan fingerprint density at radius 3 is 2.47 bits per heavy atom. The first-order valence-electron chi connectivity index (χ1n) is 9.66. The van der Waals surface area contributed by atoms with Gasteiger partial charge in [0.2, 0.25) is 0 Å². The molecule has 0 N–H and O–H groups in total. The predicted octanol–water partition coefficient (Wildman–Crippen LogP) is 4.56. The summed E-state index contributed by atoms with van der Waals surface area (Å²) in [5, 5.41) is 13.4. The van der Waals surface area contributed by atoms with E-state index in [4.69, 9.17) is 19.5 Å². The summed E-state index contributed by atoms with van der Waals surface area (Å²) in [6, 6.07) is 16.2. The van der Waals surface area contributed by atoms with Crippen LogP contribution in [-0.2, 0) is 9.47 Å². The second-order valence-corrected chi connectivity index (χ2v) is 7.47. The van der Waals surface area contributed by atoms with Gasteiger partial charge < -0.3 is 14.2 Å². The van der Waals surface area contributed by atoms with E-state index in [1.54, 1.807) is 42.5 Å². The third-order valence-electron chi connectivity index (χ3n) is 4.54. The second-order valence-electron chi connectivity index (χ2n) is 6.55. The number of methoxy groups -OCH3 is 2. The Hall–Kier alpha value is -3.64. The van der Waals surface area contributed by atoms with Crippen LogP contribution in [0.3, 0.4) is 0 Å². The van der Waals surface area contributed by atoms with Crippen molar-refractivity contribution in [2.45, 2.75) is 12.8 Å². The molecule has 1 aromatic heterocycles. The van der Waals surface area contributed by atoms with Crippen molar-refractivity contribution in [1.29, 1.82) is 5.26 Å². The zero-order valence-electron chi connectivity index (χ0n) is 17.5. The maximum Gasteiger partial charge on any atom is 0.357 e. The van der Waals surface area contributed by atoms with Crippen molar-refractivity contribution in [3.8, 4) is 28.8 Å². The zero-order chi connectivity index (χ0) is 23.1. The molecule has 0 saturated heterocycles. The van der Waals surface area contributed by atoms with Crippen LogP contribution in [0.25, 0.3) is 16.9 Å². The van der Waals surface area contributed by atoms with Crippen LogP contribution in [0.4, 0.5) is 0 Å². The molecule has 0 aliphatic heterocycles. The number of carbonyl (C=O) groups is 2. The summed E-state index contributed by atoms with van der Waals surface area (Å²) in [5.41, 5.74) is 1.16. The maximum absolute atomic E-state index is 12.8. The van der Waals surface area contributed by atoms with E-state index in [0.29, 0.717) is 36.4 Å². The first-order valence-corrected chi connectivity index (χ1v) is 10.5. The fraction of sp³-hybridized carbons (Fsp3) is 0.217. The molecule has 0 aliphatic rings. The van der Waals surface area contributed by atoms with Crippen LogP contribution in [0.1, 0.15) is 33.7 Å². The fourth-order valence-electron chi connectivity index (χ4n) is 3.09. The van der Waals surface area contributed by atoms with E-state index in [-0.39, 0.29) is 17.0 Å². The lowest BCUT2D eigenvalue weighted by Crippen LogP contribution is -2.15. The van der Waals surface area contributed by atoms with Crippen LogP contribution in [0.2, 0.25) is 0 Å². The Bertz CT molecular complexity index is 1170. The van der Waals surface area contributed by atoms with Crippen LogP contribution in [-0.4, -0.2) is 42.5 Å². The molecule has 32 heavy (non-hydrogen) atoms. The quantitative estimate of drug-likeness (QED) is 0.331. The van der Waals surface area contributed by atoms with Crippen LogP contribution in [0.15, 0.2) is 53.0 Å². The van der Waals surface area contributed by atoms with Gasteiger partial charge in [-0.05, 0) is 36.8 Å². The molecule has 0 fully saturated rings. The van der Waals surface area contributed by atoms with E-state index in [0.717, 1.165) is 4.47 Å². The van der Waals surface area contributed by atoms with Gasteiger partial charge >= 0.3 is 11.9 Å². The van der Waals surface area contributed by atoms with E-state index >= 15 is 0 Å². The summed E-state index contributed by atoms with van der Waals surface area (Å²) in [5.74, 6) is -1.03. The average molecular weight is 498 g/mol. The molecule has 0 bridgehead atoms. The minimum Gasteiger partial charge on any atom is -0.493 e. The molecule has 3 aromatic rings. The van der Waals surface area contributed by atoms with Crippen molar-refractivity contribution < 1.29 is 23.8 Å². The summed E-state index contributed by atoms with van der Waals surface area (Å²) in [6.07, 6.45) is 0.899. The highest BCUT2D eigenvalue weighted by Crippen LogP contribution is 2.37. The summed E-state index contributed by atoms with van der Waals surface area (Å²) >= 11 is 3.44. The van der Waals surface area contributed by atoms with Crippen molar-refractivity contribution in [3.63, 3.8) is 0 Å². The molecule has 8 nitrogen and oxygen atoms in total. The van der Waals surface area contributed by atoms with Crippen LogP contribution >= 0.6 is 15.9 Å². The van der Waals surface area contributed by atoms with Crippen LogP contribution in [0, 0.1) is 11.3 Å². The van der Waals surface area contributed by atoms with E-state index < -0.39 is 11.9 Å². The van der Waals surface area contributed by atoms with Gasteiger partial charge in [0, 0.05) is 16.5 Å². The van der Waals surface area contributed by atoms with Gasteiger partial charge in [-0.3, -0.25) is 0 Å². The van der Waals surface area contributed by atoms with Crippen LogP contribution < -0.4 is 4.74 Å². The topological polar surface area (TPSA) is 103 Å². The third-order valence-corrected chi connectivity index (χ3v) is 5.03. The summed E-state index contributed by atoms with van der Waals surface area (Å²) in [7, 11) is 2.46. The Balaban J connectivity index is 2.26. The third kappa shape index (κ3) is 4.81. The highest BCUT2D eigenvalue weighted by molar-refractivity contribution is 9.10. The molecule has 3 rings (SSSR count). The molecule has 9 heteroatoms. The predicted molar refractivity (Wildman–Crippen MR) is 120 cm³/mol. The van der Waals surface area contributed by atoms with Crippen molar-refractivity contribution in [3.05, 3.63) is 64.3 Å². The number of hydrogen-bond acceptors (Lipinski definition) is 7. The number of unbranched alkanes of at least 4 members (excludes halogenated alkanes) is 1. The number of hydrogen-bond donors (Lipinski definition) is 0. The van der Waals surface area contributed by atoms with Gasteiger partial charge in [-0.15, -0.1) is 0 Å². The number of carbonyl (C=O) groups excluding carboxylic acids is 2. The van der Waals surface area contributed by atoms with Gasteiger partial charge in [0.1, 0.15) is 17.0 Å². The molecule has 0 unspecified atom stereocenters. The van der Waals surface area contributed by atoms with Crippen molar-refractivity contribution >= 4 is 27.9 Å². The molecule has 2 aromatic carbocycles. The molecule has 0 atom stereocenters. The van der Waals surface area contributed by atoms with Gasteiger partial charge in [-0.25, -0.2) is 14.3 Å². The lowest BCUT2D eigenvalue weighted by atomic mass is 10.0.